The minimum absolute atomic E-state index is 0.411. The lowest BCUT2D eigenvalue weighted by molar-refractivity contribution is 0.456. The summed E-state index contributed by atoms with van der Waals surface area (Å²) in [4.78, 5) is 0. The molecule has 4 nitrogen and oxygen atoms in total. The molecular formula is C11H10ClN3O. The van der Waals surface area contributed by atoms with Crippen LogP contribution in [0.5, 0.6) is 11.6 Å². The molecule has 0 aliphatic heterocycles. The fourth-order valence-corrected chi connectivity index (χ4v) is 1.39. The van der Waals surface area contributed by atoms with Crippen LogP contribution >= 0.6 is 11.6 Å². The van der Waals surface area contributed by atoms with Gasteiger partial charge in [0, 0.05) is 11.1 Å². The molecule has 1 aromatic carbocycles. The lowest BCUT2D eigenvalue weighted by atomic mass is 10.3. The molecule has 0 saturated heterocycles. The summed E-state index contributed by atoms with van der Waals surface area (Å²) < 4.78 is 5.49. The molecule has 0 aliphatic carbocycles. The first-order valence-corrected chi connectivity index (χ1v) is 5.05. The average molecular weight is 236 g/mol. The molecular weight excluding hydrogens is 226 g/mol. The number of nitrogen functional groups attached to an aromatic ring is 1. The summed E-state index contributed by atoms with van der Waals surface area (Å²) in [5, 5.41) is 8.19. The molecule has 0 aliphatic rings. The zero-order chi connectivity index (χ0) is 11.5. The smallest absolute Gasteiger partial charge is 0.239 e. The number of hydrogen-bond acceptors (Lipinski definition) is 4. The number of aromatic nitrogens is 2. The van der Waals surface area contributed by atoms with Gasteiger partial charge in [-0.25, -0.2) is 0 Å². The second-order valence-corrected chi connectivity index (χ2v) is 3.79. The van der Waals surface area contributed by atoms with Crippen molar-refractivity contribution in [2.75, 3.05) is 5.73 Å². The average Bonchev–Trinajstić information content (AvgIpc) is 2.22. The Morgan fingerprint density at radius 1 is 1.31 bits per heavy atom. The van der Waals surface area contributed by atoms with E-state index in [9.17, 15) is 0 Å². The van der Waals surface area contributed by atoms with Gasteiger partial charge in [0.1, 0.15) is 0 Å². The molecule has 1 aromatic heterocycles. The Bertz CT molecular complexity index is 516. The van der Waals surface area contributed by atoms with Crippen LogP contribution in [0.1, 0.15) is 5.56 Å². The Kier molecular flexibility index (Phi) is 2.92. The van der Waals surface area contributed by atoms with Crippen LogP contribution in [0.3, 0.4) is 0 Å². The number of anilines is 1. The van der Waals surface area contributed by atoms with Crippen LogP contribution in [0.25, 0.3) is 0 Å². The third-order valence-corrected chi connectivity index (χ3v) is 2.19. The van der Waals surface area contributed by atoms with Crippen LogP contribution in [0.2, 0.25) is 5.02 Å². The Labute approximate surface area is 98.0 Å². The van der Waals surface area contributed by atoms with Crippen molar-refractivity contribution in [3.05, 3.63) is 41.0 Å². The molecule has 16 heavy (non-hydrogen) atoms. The van der Waals surface area contributed by atoms with Crippen LogP contribution in [0.4, 0.5) is 5.69 Å². The maximum Gasteiger partial charge on any atom is 0.239 e. The van der Waals surface area contributed by atoms with Gasteiger partial charge in [-0.05, 0) is 30.7 Å². The van der Waals surface area contributed by atoms with Crippen molar-refractivity contribution in [1.82, 2.24) is 10.2 Å². The van der Waals surface area contributed by atoms with Gasteiger partial charge in [-0.2, -0.15) is 5.10 Å². The normalized spacial score (nSPS) is 10.1. The Morgan fingerprint density at radius 2 is 2.12 bits per heavy atom. The Hall–Kier alpha value is -1.81. The highest BCUT2D eigenvalue weighted by molar-refractivity contribution is 6.30. The van der Waals surface area contributed by atoms with E-state index in [-0.39, 0.29) is 0 Å². The highest BCUT2D eigenvalue weighted by Gasteiger charge is 2.04. The molecule has 0 radical (unpaired) electrons. The summed E-state index contributed by atoms with van der Waals surface area (Å²) in [6.07, 6.45) is 1.65. The minimum atomic E-state index is 0.411. The van der Waals surface area contributed by atoms with E-state index in [2.05, 4.69) is 10.2 Å². The van der Waals surface area contributed by atoms with E-state index in [4.69, 9.17) is 22.1 Å². The van der Waals surface area contributed by atoms with Crippen molar-refractivity contribution in [2.24, 2.45) is 0 Å². The molecule has 0 unspecified atom stereocenters. The molecule has 5 heteroatoms. The van der Waals surface area contributed by atoms with Crippen LogP contribution < -0.4 is 10.5 Å². The summed E-state index contributed by atoms with van der Waals surface area (Å²) in [5.74, 6) is 0.929. The minimum Gasteiger partial charge on any atom is -0.435 e. The fraction of sp³-hybridized carbons (Fsp3) is 0.0909. The predicted molar refractivity (Wildman–Crippen MR) is 62.7 cm³/mol. The van der Waals surface area contributed by atoms with E-state index >= 15 is 0 Å². The molecule has 0 fully saturated rings. The van der Waals surface area contributed by atoms with Crippen molar-refractivity contribution < 1.29 is 4.74 Å². The summed E-state index contributed by atoms with van der Waals surface area (Å²) in [6, 6.07) is 6.80. The van der Waals surface area contributed by atoms with Gasteiger partial charge < -0.3 is 10.5 Å². The lowest BCUT2D eigenvalue weighted by Crippen LogP contribution is -1.95. The molecule has 1 heterocycles. The first kappa shape index (κ1) is 10.7. The quantitative estimate of drug-likeness (QED) is 0.813. The largest absolute Gasteiger partial charge is 0.435 e. The van der Waals surface area contributed by atoms with Gasteiger partial charge in [0.15, 0.2) is 5.75 Å². The standard InChI is InChI=1S/C11H10ClN3O/c1-7-4-11(15-14-6-7)16-10-3-2-8(12)5-9(10)13/h2-6H,13H2,1H3. The predicted octanol–water partition coefficient (Wildman–Crippen LogP) is 2.81. The molecule has 0 bridgehead atoms. The van der Waals surface area contributed by atoms with Gasteiger partial charge in [0.2, 0.25) is 5.88 Å². The van der Waals surface area contributed by atoms with Gasteiger partial charge >= 0.3 is 0 Å². The number of ether oxygens (including phenoxy) is 1. The number of nitrogens with zero attached hydrogens (tertiary/aromatic N) is 2. The summed E-state index contributed by atoms with van der Waals surface area (Å²) in [6.45, 7) is 1.91. The van der Waals surface area contributed by atoms with E-state index in [0.717, 1.165) is 5.56 Å². The first-order valence-electron chi connectivity index (χ1n) is 4.67. The van der Waals surface area contributed by atoms with Crippen molar-refractivity contribution in [3.63, 3.8) is 0 Å². The van der Waals surface area contributed by atoms with E-state index < -0.39 is 0 Å². The van der Waals surface area contributed by atoms with Gasteiger partial charge in [-0.3, -0.25) is 0 Å². The van der Waals surface area contributed by atoms with Gasteiger partial charge in [0.25, 0.3) is 0 Å². The maximum absolute atomic E-state index is 5.78. The van der Waals surface area contributed by atoms with Crippen molar-refractivity contribution in [2.45, 2.75) is 6.92 Å². The molecule has 2 N–H and O–H groups in total. The third-order valence-electron chi connectivity index (χ3n) is 1.96. The van der Waals surface area contributed by atoms with E-state index in [1.54, 1.807) is 30.5 Å². The number of halogens is 1. The highest BCUT2D eigenvalue weighted by atomic mass is 35.5. The van der Waals surface area contributed by atoms with Gasteiger partial charge in [0.05, 0.1) is 11.9 Å². The number of benzene rings is 1. The van der Waals surface area contributed by atoms with Crippen molar-refractivity contribution in [1.29, 1.82) is 0 Å². The topological polar surface area (TPSA) is 61.0 Å². The number of hydrogen-bond donors (Lipinski definition) is 1. The summed E-state index contributed by atoms with van der Waals surface area (Å²) in [7, 11) is 0. The second-order valence-electron chi connectivity index (χ2n) is 3.36. The van der Waals surface area contributed by atoms with E-state index in [1.165, 1.54) is 0 Å². The summed E-state index contributed by atoms with van der Waals surface area (Å²) in [5.41, 5.74) is 7.19. The SMILES string of the molecule is Cc1cnnc(Oc2ccc(Cl)cc2N)c1. The Morgan fingerprint density at radius 3 is 2.81 bits per heavy atom. The van der Waals surface area contributed by atoms with Crippen LogP contribution in [-0.2, 0) is 0 Å². The van der Waals surface area contributed by atoms with Crippen LogP contribution in [0.15, 0.2) is 30.5 Å². The number of aryl methyl sites for hydroxylation is 1. The van der Waals surface area contributed by atoms with Crippen molar-refractivity contribution in [3.8, 4) is 11.6 Å². The molecule has 0 spiro atoms. The lowest BCUT2D eigenvalue weighted by Gasteiger charge is -2.07. The van der Waals surface area contributed by atoms with Crippen LogP contribution in [-0.4, -0.2) is 10.2 Å². The maximum atomic E-state index is 5.78. The first-order chi connectivity index (χ1) is 7.65. The van der Waals surface area contributed by atoms with Crippen LogP contribution in [0, 0.1) is 6.92 Å². The second kappa shape index (κ2) is 4.37. The van der Waals surface area contributed by atoms with Gasteiger partial charge in [-0.1, -0.05) is 11.6 Å². The zero-order valence-corrected chi connectivity index (χ0v) is 9.40. The molecule has 0 saturated carbocycles. The fourth-order valence-electron chi connectivity index (χ4n) is 1.21. The molecule has 0 amide bonds. The molecule has 0 atom stereocenters. The summed E-state index contributed by atoms with van der Waals surface area (Å²) >= 11 is 5.78. The zero-order valence-electron chi connectivity index (χ0n) is 8.64. The number of nitrogens with two attached hydrogens (primary N) is 1. The van der Waals surface area contributed by atoms with Crippen molar-refractivity contribution >= 4 is 17.3 Å². The van der Waals surface area contributed by atoms with E-state index in [0.29, 0.717) is 22.3 Å². The van der Waals surface area contributed by atoms with E-state index in [1.807, 2.05) is 6.92 Å². The van der Waals surface area contributed by atoms with Gasteiger partial charge in [-0.15, -0.1) is 5.10 Å². The highest BCUT2D eigenvalue weighted by Crippen LogP contribution is 2.28. The monoisotopic (exact) mass is 235 g/mol. The molecule has 2 rings (SSSR count). The third kappa shape index (κ3) is 2.41. The molecule has 82 valence electrons. The Balaban J connectivity index is 2.27. The molecule has 2 aromatic rings. The number of rotatable bonds is 2.